The third-order valence-electron chi connectivity index (χ3n) is 4.66. The van der Waals surface area contributed by atoms with Gasteiger partial charge in [-0.1, -0.05) is 11.6 Å². The van der Waals surface area contributed by atoms with E-state index in [1.807, 2.05) is 0 Å². The van der Waals surface area contributed by atoms with Crippen LogP contribution in [-0.2, 0) is 6.18 Å². The van der Waals surface area contributed by atoms with Gasteiger partial charge in [0.05, 0.1) is 29.9 Å². The molecule has 3 N–H and O–H groups in total. The van der Waals surface area contributed by atoms with E-state index in [2.05, 4.69) is 30.9 Å². The zero-order valence-corrected chi connectivity index (χ0v) is 20.4. The Labute approximate surface area is 211 Å². The van der Waals surface area contributed by atoms with Crippen molar-refractivity contribution in [1.29, 1.82) is 0 Å². The molecule has 0 fully saturated rings. The molecule has 1 aromatic carbocycles. The van der Waals surface area contributed by atoms with E-state index >= 15 is 0 Å². The molecule has 3 rings (SSSR count). The molecule has 0 saturated heterocycles. The lowest BCUT2D eigenvalue weighted by molar-refractivity contribution is -0.137. The van der Waals surface area contributed by atoms with Crippen molar-refractivity contribution >= 4 is 46.3 Å². The van der Waals surface area contributed by atoms with E-state index in [1.165, 1.54) is 26.4 Å². The maximum absolute atomic E-state index is 13.1. The van der Waals surface area contributed by atoms with Gasteiger partial charge in [-0.25, -0.2) is 15.0 Å². The molecule has 0 spiro atoms. The van der Waals surface area contributed by atoms with Gasteiger partial charge < -0.3 is 20.7 Å². The second kappa shape index (κ2) is 10.9. The van der Waals surface area contributed by atoms with Crippen LogP contribution < -0.4 is 20.7 Å². The summed E-state index contributed by atoms with van der Waals surface area (Å²) in [6.07, 6.45) is -2.41. The highest BCUT2D eigenvalue weighted by Crippen LogP contribution is 2.36. The average molecular weight is 543 g/mol. The highest BCUT2D eigenvalue weighted by molar-refractivity contribution is 7.13. The number of alkyl halides is 3. The Balaban J connectivity index is 1.73. The Kier molecular flexibility index (Phi) is 8.10. The predicted molar refractivity (Wildman–Crippen MR) is 124 cm³/mol. The first-order valence-electron chi connectivity index (χ1n) is 10.0. The number of hydrogen-bond donors (Lipinski definition) is 3. The van der Waals surface area contributed by atoms with E-state index in [0.717, 1.165) is 29.8 Å². The molecule has 190 valence electrons. The maximum Gasteiger partial charge on any atom is 0.417 e. The largest absolute Gasteiger partial charge is 0.492 e. The quantitative estimate of drug-likeness (QED) is 0.414. The topological polar surface area (TPSA) is 135 Å². The van der Waals surface area contributed by atoms with Gasteiger partial charge >= 0.3 is 6.18 Å². The van der Waals surface area contributed by atoms with Gasteiger partial charge in [0.15, 0.2) is 17.1 Å². The molecule has 2 aromatic heterocycles. The molecular weight excluding hydrogens is 525 g/mol. The number of nitrogens with one attached hydrogen (secondary N) is 3. The van der Waals surface area contributed by atoms with E-state index in [0.29, 0.717) is 5.01 Å². The third-order valence-corrected chi connectivity index (χ3v) is 6.17. The minimum Gasteiger partial charge on any atom is -0.492 e. The lowest BCUT2D eigenvalue weighted by atomic mass is 10.2. The standard InChI is InChI=1S/C21H18ClF3N6O4S/c1-9(30-19(34)15-16(35-3)14(18(33)26-2)28-8-29-15)20-27-7-13(36-20)17(32)31-10-4-5-12(22)11(6-10)21(23,24)25/h4-9H,1-3H3,(H,26,33)(H,30,34)(H,31,32)/t9-/m1/s1. The SMILES string of the molecule is CNC(=O)c1ncnc(C(=O)N[C@H](C)c2ncc(C(=O)Nc3ccc(Cl)c(C(F)(F)F)c3)s2)c1OC. The summed E-state index contributed by atoms with van der Waals surface area (Å²) in [5.74, 6) is -2.08. The normalized spacial score (nSPS) is 12.0. The molecule has 0 radical (unpaired) electrons. The van der Waals surface area contributed by atoms with Crippen LogP contribution in [0.1, 0.15) is 54.2 Å². The molecule has 15 heteroatoms. The number of halogens is 4. The minimum absolute atomic E-state index is 0.0936. The number of benzene rings is 1. The van der Waals surface area contributed by atoms with Crippen LogP contribution in [0.25, 0.3) is 0 Å². The fraction of sp³-hybridized carbons (Fsp3) is 0.238. The zero-order valence-electron chi connectivity index (χ0n) is 18.9. The van der Waals surface area contributed by atoms with Crippen LogP contribution in [0.3, 0.4) is 0 Å². The van der Waals surface area contributed by atoms with Crippen molar-refractivity contribution in [2.75, 3.05) is 19.5 Å². The highest BCUT2D eigenvalue weighted by Gasteiger charge is 2.33. The number of aromatic nitrogens is 3. The first-order valence-corrected chi connectivity index (χ1v) is 11.2. The van der Waals surface area contributed by atoms with Crippen LogP contribution in [-0.4, -0.2) is 46.8 Å². The monoisotopic (exact) mass is 542 g/mol. The smallest absolute Gasteiger partial charge is 0.417 e. The van der Waals surface area contributed by atoms with Crippen LogP contribution in [0.2, 0.25) is 5.02 Å². The first-order chi connectivity index (χ1) is 17.0. The van der Waals surface area contributed by atoms with Crippen molar-refractivity contribution < 1.29 is 32.3 Å². The van der Waals surface area contributed by atoms with Crippen LogP contribution in [0.4, 0.5) is 18.9 Å². The third kappa shape index (κ3) is 5.88. The summed E-state index contributed by atoms with van der Waals surface area (Å²) in [7, 11) is 2.65. The summed E-state index contributed by atoms with van der Waals surface area (Å²) >= 11 is 6.52. The second-order valence-electron chi connectivity index (χ2n) is 7.09. The lowest BCUT2D eigenvalue weighted by Gasteiger charge is -2.14. The second-order valence-corrected chi connectivity index (χ2v) is 8.56. The molecule has 1 atom stereocenters. The lowest BCUT2D eigenvalue weighted by Crippen LogP contribution is -2.29. The van der Waals surface area contributed by atoms with Gasteiger partial charge in [-0.2, -0.15) is 13.2 Å². The van der Waals surface area contributed by atoms with Gasteiger partial charge in [0.2, 0.25) is 0 Å². The van der Waals surface area contributed by atoms with Crippen molar-refractivity contribution in [3.8, 4) is 5.75 Å². The first kappa shape index (κ1) is 26.8. The molecule has 3 amide bonds. The Morgan fingerprint density at radius 1 is 1.08 bits per heavy atom. The van der Waals surface area contributed by atoms with Gasteiger partial charge in [-0.05, 0) is 25.1 Å². The summed E-state index contributed by atoms with van der Waals surface area (Å²) in [5.41, 5.74) is -1.49. The molecule has 0 unspecified atom stereocenters. The number of methoxy groups -OCH3 is 1. The summed E-state index contributed by atoms with van der Waals surface area (Å²) < 4.78 is 44.3. The number of hydrogen-bond acceptors (Lipinski definition) is 8. The Bertz CT molecular complexity index is 1320. The number of anilines is 1. The number of amides is 3. The minimum atomic E-state index is -4.68. The molecule has 0 saturated carbocycles. The number of carbonyl (C=O) groups excluding carboxylic acids is 3. The van der Waals surface area contributed by atoms with Gasteiger partial charge in [0, 0.05) is 12.7 Å². The summed E-state index contributed by atoms with van der Waals surface area (Å²) in [6.45, 7) is 1.60. The predicted octanol–water partition coefficient (Wildman–Crippen LogP) is 3.72. The number of ether oxygens (including phenoxy) is 1. The van der Waals surface area contributed by atoms with Crippen LogP contribution in [0.5, 0.6) is 5.75 Å². The van der Waals surface area contributed by atoms with E-state index in [-0.39, 0.29) is 27.7 Å². The summed E-state index contributed by atoms with van der Waals surface area (Å²) in [5, 5.41) is 7.23. The van der Waals surface area contributed by atoms with E-state index in [4.69, 9.17) is 16.3 Å². The molecule has 0 aliphatic rings. The zero-order chi connectivity index (χ0) is 26.6. The Morgan fingerprint density at radius 2 is 1.75 bits per heavy atom. The fourth-order valence-electron chi connectivity index (χ4n) is 2.94. The Hall–Kier alpha value is -3.78. The summed E-state index contributed by atoms with van der Waals surface area (Å²) in [6, 6.07) is 2.31. The number of nitrogens with zero attached hydrogens (tertiary/aromatic N) is 3. The molecule has 3 aromatic rings. The van der Waals surface area contributed by atoms with Crippen LogP contribution in [0.15, 0.2) is 30.7 Å². The van der Waals surface area contributed by atoms with Crippen molar-refractivity contribution in [1.82, 2.24) is 25.6 Å². The molecule has 36 heavy (non-hydrogen) atoms. The van der Waals surface area contributed by atoms with Gasteiger partial charge in [-0.3, -0.25) is 14.4 Å². The molecule has 0 aliphatic carbocycles. The van der Waals surface area contributed by atoms with Gasteiger partial charge in [0.1, 0.15) is 16.2 Å². The van der Waals surface area contributed by atoms with Crippen molar-refractivity contribution in [2.45, 2.75) is 19.1 Å². The van der Waals surface area contributed by atoms with Crippen LogP contribution >= 0.6 is 22.9 Å². The maximum atomic E-state index is 13.1. The van der Waals surface area contributed by atoms with Crippen LogP contribution in [0, 0.1) is 0 Å². The molecule has 10 nitrogen and oxygen atoms in total. The van der Waals surface area contributed by atoms with E-state index in [1.54, 1.807) is 6.92 Å². The van der Waals surface area contributed by atoms with Crippen molar-refractivity contribution in [2.24, 2.45) is 0 Å². The number of carbonyl (C=O) groups is 3. The Morgan fingerprint density at radius 3 is 2.36 bits per heavy atom. The van der Waals surface area contributed by atoms with Gasteiger partial charge in [-0.15, -0.1) is 11.3 Å². The molecule has 0 bridgehead atoms. The van der Waals surface area contributed by atoms with E-state index in [9.17, 15) is 27.6 Å². The van der Waals surface area contributed by atoms with Gasteiger partial charge in [0.25, 0.3) is 17.7 Å². The van der Waals surface area contributed by atoms with Crippen molar-refractivity contribution in [3.63, 3.8) is 0 Å². The molecule has 2 heterocycles. The fourth-order valence-corrected chi connectivity index (χ4v) is 3.98. The van der Waals surface area contributed by atoms with E-state index < -0.39 is 40.5 Å². The average Bonchev–Trinajstić information content (AvgIpc) is 3.34. The molecule has 0 aliphatic heterocycles. The van der Waals surface area contributed by atoms with Crippen molar-refractivity contribution in [3.05, 3.63) is 62.6 Å². The number of rotatable bonds is 7. The highest BCUT2D eigenvalue weighted by atomic mass is 35.5. The molecular formula is C21H18ClF3N6O4S. The number of thiazole rings is 1. The summed E-state index contributed by atoms with van der Waals surface area (Å²) in [4.78, 5) is 49.2.